The number of nitrogens with one attached hydrogen (secondary N) is 1. The van der Waals surface area contributed by atoms with Crippen molar-refractivity contribution in [2.24, 2.45) is 0 Å². The smallest absolute Gasteiger partial charge is 0.178 e. The molecule has 2 unspecified atom stereocenters. The Kier molecular flexibility index (Phi) is 3.44. The van der Waals surface area contributed by atoms with Crippen LogP contribution < -0.4 is 0 Å². The predicted molar refractivity (Wildman–Crippen MR) is 70.6 cm³/mol. The van der Waals surface area contributed by atoms with Crippen molar-refractivity contribution < 1.29 is 8.60 Å². The maximum Gasteiger partial charge on any atom is 0.178 e. The summed E-state index contributed by atoms with van der Waals surface area (Å²) in [5.41, 5.74) is 1.51. The van der Waals surface area contributed by atoms with Gasteiger partial charge in [0, 0.05) is 28.9 Å². The number of fused-ring (bicyclic) bond motifs is 1. The molecule has 3 nitrogen and oxygen atoms in total. The van der Waals surface area contributed by atoms with Crippen LogP contribution in [-0.2, 0) is 17.3 Å². The maximum atomic E-state index is 13.2. The fraction of sp³-hybridized carbons (Fsp3) is 0.364. The van der Waals surface area contributed by atoms with Crippen LogP contribution in [0.15, 0.2) is 18.2 Å². The second kappa shape index (κ2) is 4.70. The number of aromatic nitrogens is 2. The molecule has 92 valence electrons. The molecule has 1 aromatic heterocycles. The van der Waals surface area contributed by atoms with E-state index in [1.165, 1.54) is 12.1 Å². The highest BCUT2D eigenvalue weighted by atomic mass is 32.2. The van der Waals surface area contributed by atoms with E-state index in [9.17, 15) is 8.60 Å². The summed E-state index contributed by atoms with van der Waals surface area (Å²) in [6, 6.07) is 4.48. The fourth-order valence-electron chi connectivity index (χ4n) is 1.67. The van der Waals surface area contributed by atoms with Crippen LogP contribution in [0.4, 0.5) is 4.39 Å². The Morgan fingerprint density at radius 3 is 2.94 bits per heavy atom. The van der Waals surface area contributed by atoms with Gasteiger partial charge < -0.3 is 9.55 Å². The Morgan fingerprint density at radius 2 is 2.29 bits per heavy atom. The Hall–Kier alpha value is -1.01. The zero-order valence-electron chi connectivity index (χ0n) is 9.57. The van der Waals surface area contributed by atoms with Gasteiger partial charge in [-0.15, -0.1) is 0 Å². The molecule has 2 rings (SSSR count). The van der Waals surface area contributed by atoms with Crippen LogP contribution in [0.5, 0.6) is 0 Å². The highest BCUT2D eigenvalue weighted by molar-refractivity contribution is 7.84. The molecule has 2 atom stereocenters. The van der Waals surface area contributed by atoms with Gasteiger partial charge in [-0.1, -0.05) is 0 Å². The minimum absolute atomic E-state index is 0.0241. The lowest BCUT2D eigenvalue weighted by atomic mass is 10.3. The van der Waals surface area contributed by atoms with Crippen molar-refractivity contribution >= 4 is 34.1 Å². The number of hydrogen-bond donors (Lipinski definition) is 1. The fourth-order valence-corrected chi connectivity index (χ4v) is 2.31. The van der Waals surface area contributed by atoms with E-state index < -0.39 is 10.8 Å². The van der Waals surface area contributed by atoms with E-state index in [-0.39, 0.29) is 11.1 Å². The monoisotopic (exact) mass is 272 g/mol. The number of benzene rings is 1. The van der Waals surface area contributed by atoms with E-state index in [2.05, 4.69) is 4.98 Å². The van der Waals surface area contributed by atoms with Crippen molar-refractivity contribution in [3.8, 4) is 0 Å². The Bertz CT molecular complexity index is 632. The zero-order chi connectivity index (χ0) is 12.6. The van der Waals surface area contributed by atoms with Gasteiger partial charge in [-0.2, -0.15) is 0 Å². The molecule has 0 amide bonds. The third-order valence-corrected chi connectivity index (χ3v) is 4.35. The molecule has 1 N–H and O–H groups in total. The highest BCUT2D eigenvalue weighted by Gasteiger charge is 2.11. The van der Waals surface area contributed by atoms with Crippen molar-refractivity contribution in [2.45, 2.75) is 18.7 Å². The first-order valence-electron chi connectivity index (χ1n) is 5.19. The van der Waals surface area contributed by atoms with Crippen LogP contribution in [0.3, 0.4) is 0 Å². The van der Waals surface area contributed by atoms with E-state index >= 15 is 0 Å². The summed E-state index contributed by atoms with van der Waals surface area (Å²) in [4.78, 5) is 3.01. The maximum absolute atomic E-state index is 13.2. The van der Waals surface area contributed by atoms with Gasteiger partial charge in [0.15, 0.2) is 4.77 Å². The molecule has 1 heterocycles. The molecule has 1 aromatic carbocycles. The van der Waals surface area contributed by atoms with Gasteiger partial charge >= 0.3 is 0 Å². The van der Waals surface area contributed by atoms with Crippen molar-refractivity contribution in [2.75, 3.05) is 6.26 Å². The first-order valence-corrected chi connectivity index (χ1v) is 7.22. The lowest BCUT2D eigenvalue weighted by Crippen LogP contribution is -2.17. The first kappa shape index (κ1) is 12.4. The van der Waals surface area contributed by atoms with Crippen molar-refractivity contribution in [1.82, 2.24) is 9.55 Å². The van der Waals surface area contributed by atoms with Gasteiger partial charge in [0.25, 0.3) is 0 Å². The highest BCUT2D eigenvalue weighted by Crippen LogP contribution is 2.16. The Morgan fingerprint density at radius 1 is 1.59 bits per heavy atom. The Labute approximate surface area is 106 Å². The van der Waals surface area contributed by atoms with Crippen LogP contribution in [0, 0.1) is 10.6 Å². The van der Waals surface area contributed by atoms with Crippen molar-refractivity contribution in [3.05, 3.63) is 28.8 Å². The molecule has 2 aromatic rings. The average Bonchev–Trinajstić information content (AvgIpc) is 2.55. The van der Waals surface area contributed by atoms with Gasteiger partial charge in [-0.25, -0.2) is 4.39 Å². The summed E-state index contributed by atoms with van der Waals surface area (Å²) in [5, 5.41) is -0.0241. The number of nitrogens with zero attached hydrogens (tertiary/aromatic N) is 1. The summed E-state index contributed by atoms with van der Waals surface area (Å²) in [7, 11) is -0.926. The second-order valence-electron chi connectivity index (χ2n) is 4.01. The van der Waals surface area contributed by atoms with Crippen LogP contribution in [0.1, 0.15) is 6.92 Å². The summed E-state index contributed by atoms with van der Waals surface area (Å²) in [5.74, 6) is -0.300. The molecule has 17 heavy (non-hydrogen) atoms. The molecule has 0 bridgehead atoms. The van der Waals surface area contributed by atoms with Gasteiger partial charge in [0.1, 0.15) is 5.82 Å². The van der Waals surface area contributed by atoms with E-state index in [1.54, 1.807) is 16.9 Å². The zero-order valence-corrected chi connectivity index (χ0v) is 11.2. The van der Waals surface area contributed by atoms with E-state index in [4.69, 9.17) is 12.2 Å². The minimum atomic E-state index is -0.926. The standard InChI is InChI=1S/C11H13FN2OS2/c1-7(17(2)15)6-14-10-5-8(12)3-4-9(10)13-11(14)16/h3-5,7H,6H2,1-2H3,(H,13,16). The van der Waals surface area contributed by atoms with Crippen LogP contribution in [0.2, 0.25) is 0 Å². The summed E-state index contributed by atoms with van der Waals surface area (Å²) < 4.78 is 26.9. The third kappa shape index (κ3) is 2.47. The SMILES string of the molecule is CC(Cn1c(=S)[nH]c2ccc(F)cc21)S(C)=O. The van der Waals surface area contributed by atoms with E-state index in [0.29, 0.717) is 16.8 Å². The lowest BCUT2D eigenvalue weighted by molar-refractivity contribution is 0.625. The molecule has 0 saturated carbocycles. The molecule has 6 heteroatoms. The molecular weight excluding hydrogens is 259 g/mol. The minimum Gasteiger partial charge on any atom is -0.331 e. The van der Waals surface area contributed by atoms with Gasteiger partial charge in [-0.05, 0) is 37.3 Å². The molecular formula is C11H13FN2OS2. The topological polar surface area (TPSA) is 37.8 Å². The van der Waals surface area contributed by atoms with E-state index in [1.807, 2.05) is 6.92 Å². The normalized spacial score (nSPS) is 15.0. The van der Waals surface area contributed by atoms with Gasteiger partial charge in [0.05, 0.1) is 11.0 Å². The lowest BCUT2D eigenvalue weighted by Gasteiger charge is -2.10. The van der Waals surface area contributed by atoms with Crippen molar-refractivity contribution in [3.63, 3.8) is 0 Å². The average molecular weight is 272 g/mol. The summed E-state index contributed by atoms with van der Waals surface area (Å²) in [6.45, 7) is 2.40. The second-order valence-corrected chi connectivity index (χ2v) is 6.20. The third-order valence-electron chi connectivity index (χ3n) is 2.74. The molecule has 0 radical (unpaired) electrons. The summed E-state index contributed by atoms with van der Waals surface area (Å²) in [6.07, 6.45) is 1.66. The van der Waals surface area contributed by atoms with Crippen molar-refractivity contribution in [1.29, 1.82) is 0 Å². The van der Waals surface area contributed by atoms with Crippen LogP contribution >= 0.6 is 12.2 Å². The molecule has 0 saturated heterocycles. The molecule has 0 fully saturated rings. The largest absolute Gasteiger partial charge is 0.331 e. The number of H-pyrrole nitrogens is 1. The predicted octanol–water partition coefficient (Wildman–Crippen LogP) is 2.60. The molecule has 0 aliphatic rings. The van der Waals surface area contributed by atoms with Crippen LogP contribution in [-0.4, -0.2) is 25.3 Å². The van der Waals surface area contributed by atoms with Gasteiger partial charge in [0.2, 0.25) is 0 Å². The number of imidazole rings is 1. The first-order chi connectivity index (χ1) is 7.99. The van der Waals surface area contributed by atoms with Crippen LogP contribution in [0.25, 0.3) is 11.0 Å². The number of aromatic amines is 1. The quantitative estimate of drug-likeness (QED) is 0.872. The number of rotatable bonds is 3. The van der Waals surface area contributed by atoms with E-state index in [0.717, 1.165) is 5.52 Å². The number of hydrogen-bond acceptors (Lipinski definition) is 2. The molecule has 0 aliphatic carbocycles. The number of halogens is 1. The molecule has 0 spiro atoms. The summed E-state index contributed by atoms with van der Waals surface area (Å²) >= 11 is 5.19. The van der Waals surface area contributed by atoms with Gasteiger partial charge in [-0.3, -0.25) is 4.21 Å². The molecule has 0 aliphatic heterocycles. The Balaban J connectivity index is 2.52.